The highest BCUT2D eigenvalue weighted by Crippen LogP contribution is 2.57. The summed E-state index contributed by atoms with van der Waals surface area (Å²) < 4.78 is 0. The van der Waals surface area contributed by atoms with E-state index in [4.69, 9.17) is 0 Å². The Labute approximate surface area is 98.8 Å². The fourth-order valence-corrected chi connectivity index (χ4v) is 4.52. The fourth-order valence-electron chi connectivity index (χ4n) is 4.09. The molecule has 3 unspecified atom stereocenters. The fraction of sp³-hybridized carbons (Fsp3) is 1.00. The molecule has 0 aromatic carbocycles. The van der Waals surface area contributed by atoms with Crippen molar-refractivity contribution in [2.45, 2.75) is 38.5 Å². The number of hydrogen-bond donors (Lipinski definition) is 1. The molecule has 2 aliphatic carbocycles. The lowest BCUT2D eigenvalue weighted by Gasteiger charge is -2.38. The van der Waals surface area contributed by atoms with Crippen LogP contribution in [0.4, 0.5) is 0 Å². The zero-order valence-electron chi connectivity index (χ0n) is 10.2. The first-order chi connectivity index (χ1) is 7.30. The van der Waals surface area contributed by atoms with E-state index in [9.17, 15) is 0 Å². The minimum atomic E-state index is 0.688. The molecule has 2 fully saturated rings. The van der Waals surface area contributed by atoms with Gasteiger partial charge in [0.25, 0.3) is 0 Å². The molecule has 0 heterocycles. The maximum Gasteiger partial charge on any atom is 0.000757 e. The van der Waals surface area contributed by atoms with E-state index in [1.807, 2.05) is 11.8 Å². The van der Waals surface area contributed by atoms with E-state index < -0.39 is 0 Å². The highest BCUT2D eigenvalue weighted by atomic mass is 32.2. The van der Waals surface area contributed by atoms with Gasteiger partial charge < -0.3 is 5.32 Å². The smallest absolute Gasteiger partial charge is 0.000757 e. The number of hydrogen-bond acceptors (Lipinski definition) is 2. The topological polar surface area (TPSA) is 12.0 Å². The van der Waals surface area contributed by atoms with Crippen molar-refractivity contribution in [2.24, 2.45) is 17.3 Å². The van der Waals surface area contributed by atoms with Crippen molar-refractivity contribution in [2.75, 3.05) is 25.6 Å². The number of nitrogens with one attached hydrogen (secondary N) is 1. The number of rotatable bonds is 6. The van der Waals surface area contributed by atoms with Gasteiger partial charge in [-0.3, -0.25) is 0 Å². The Morgan fingerprint density at radius 3 is 2.80 bits per heavy atom. The van der Waals surface area contributed by atoms with Crippen molar-refractivity contribution in [1.29, 1.82) is 0 Å². The van der Waals surface area contributed by atoms with Crippen LogP contribution in [0.2, 0.25) is 0 Å². The van der Waals surface area contributed by atoms with Crippen LogP contribution in [-0.4, -0.2) is 25.6 Å². The Morgan fingerprint density at radius 1 is 1.40 bits per heavy atom. The summed E-state index contributed by atoms with van der Waals surface area (Å²) >= 11 is 2.00. The molecular weight excluding hydrogens is 202 g/mol. The van der Waals surface area contributed by atoms with Crippen molar-refractivity contribution in [3.8, 4) is 0 Å². The summed E-state index contributed by atoms with van der Waals surface area (Å²) in [5, 5.41) is 3.46. The number of fused-ring (bicyclic) bond motifs is 2. The van der Waals surface area contributed by atoms with Gasteiger partial charge in [0, 0.05) is 6.54 Å². The maximum atomic E-state index is 3.46. The lowest BCUT2D eigenvalue weighted by atomic mass is 9.70. The zero-order chi connectivity index (χ0) is 10.7. The third kappa shape index (κ3) is 2.36. The van der Waals surface area contributed by atoms with Crippen molar-refractivity contribution in [3.05, 3.63) is 0 Å². The van der Waals surface area contributed by atoms with Crippen molar-refractivity contribution < 1.29 is 0 Å². The largest absolute Gasteiger partial charge is 0.319 e. The average molecular weight is 227 g/mol. The Hall–Kier alpha value is 0.310. The van der Waals surface area contributed by atoms with Gasteiger partial charge in [-0.15, -0.1) is 0 Å². The SMILES string of the molecule is CNCC1(CCCSC)CC2CCC1C2. The highest BCUT2D eigenvalue weighted by Gasteiger charge is 2.49. The summed E-state index contributed by atoms with van der Waals surface area (Å²) in [5.41, 5.74) is 0.688. The predicted octanol–water partition coefficient (Wildman–Crippen LogP) is 3.16. The molecule has 0 saturated heterocycles. The third-order valence-corrected chi connectivity index (χ3v) is 5.35. The minimum Gasteiger partial charge on any atom is -0.319 e. The molecule has 0 aromatic heterocycles. The summed E-state index contributed by atoms with van der Waals surface area (Å²) in [7, 11) is 2.13. The van der Waals surface area contributed by atoms with E-state index in [-0.39, 0.29) is 0 Å². The molecule has 1 nitrogen and oxygen atoms in total. The summed E-state index contributed by atoms with van der Waals surface area (Å²) in [4.78, 5) is 0. The van der Waals surface area contributed by atoms with Crippen LogP contribution in [0.3, 0.4) is 0 Å². The summed E-state index contributed by atoms with van der Waals surface area (Å²) in [6, 6.07) is 0. The van der Waals surface area contributed by atoms with Gasteiger partial charge in [0.05, 0.1) is 0 Å². The van der Waals surface area contributed by atoms with Crippen LogP contribution in [0.1, 0.15) is 38.5 Å². The summed E-state index contributed by atoms with van der Waals surface area (Å²) in [6.45, 7) is 1.27. The van der Waals surface area contributed by atoms with Crippen LogP contribution in [0, 0.1) is 17.3 Å². The molecule has 0 amide bonds. The molecule has 0 radical (unpaired) electrons. The highest BCUT2D eigenvalue weighted by molar-refractivity contribution is 7.98. The van der Waals surface area contributed by atoms with Crippen molar-refractivity contribution in [1.82, 2.24) is 5.32 Å². The molecule has 2 aliphatic rings. The van der Waals surface area contributed by atoms with Crippen LogP contribution in [0.25, 0.3) is 0 Å². The van der Waals surface area contributed by atoms with E-state index in [1.54, 1.807) is 6.42 Å². The molecule has 0 aromatic rings. The van der Waals surface area contributed by atoms with Gasteiger partial charge in [-0.2, -0.15) is 11.8 Å². The second-order valence-electron chi connectivity index (χ2n) is 5.57. The van der Waals surface area contributed by atoms with Crippen LogP contribution < -0.4 is 5.32 Å². The number of thioether (sulfide) groups is 1. The molecule has 15 heavy (non-hydrogen) atoms. The Balaban J connectivity index is 1.92. The molecule has 3 atom stereocenters. The third-order valence-electron chi connectivity index (χ3n) is 4.65. The van der Waals surface area contributed by atoms with E-state index >= 15 is 0 Å². The normalized spacial score (nSPS) is 38.8. The van der Waals surface area contributed by atoms with Crippen molar-refractivity contribution in [3.63, 3.8) is 0 Å². The second-order valence-corrected chi connectivity index (χ2v) is 6.55. The standard InChI is InChI=1S/C13H25NS/c1-14-10-13(6-3-7-15-2)9-11-4-5-12(13)8-11/h11-12,14H,3-10H2,1-2H3. The Morgan fingerprint density at radius 2 is 2.27 bits per heavy atom. The lowest BCUT2D eigenvalue weighted by Crippen LogP contribution is -2.37. The van der Waals surface area contributed by atoms with Crippen LogP contribution in [0.15, 0.2) is 0 Å². The lowest BCUT2D eigenvalue weighted by molar-refractivity contribution is 0.145. The summed E-state index contributed by atoms with van der Waals surface area (Å²) in [5.74, 6) is 3.48. The molecule has 0 aliphatic heterocycles. The van der Waals surface area contributed by atoms with Gasteiger partial charge in [-0.25, -0.2) is 0 Å². The predicted molar refractivity (Wildman–Crippen MR) is 69.4 cm³/mol. The van der Waals surface area contributed by atoms with Gasteiger partial charge >= 0.3 is 0 Å². The first kappa shape index (κ1) is 11.8. The van der Waals surface area contributed by atoms with Gasteiger partial charge in [0.15, 0.2) is 0 Å². The molecule has 2 rings (SSSR count). The van der Waals surface area contributed by atoms with E-state index in [2.05, 4.69) is 18.6 Å². The monoisotopic (exact) mass is 227 g/mol. The van der Waals surface area contributed by atoms with E-state index in [0.717, 1.165) is 11.8 Å². The van der Waals surface area contributed by atoms with Crippen LogP contribution >= 0.6 is 11.8 Å². The van der Waals surface area contributed by atoms with Gasteiger partial charge in [-0.05, 0) is 68.4 Å². The Kier molecular flexibility index (Phi) is 4.00. The molecule has 2 heteroatoms. The van der Waals surface area contributed by atoms with Gasteiger partial charge in [0.1, 0.15) is 0 Å². The zero-order valence-corrected chi connectivity index (χ0v) is 11.0. The molecule has 2 bridgehead atoms. The maximum absolute atomic E-state index is 3.46. The average Bonchev–Trinajstić information content (AvgIpc) is 2.79. The van der Waals surface area contributed by atoms with Crippen molar-refractivity contribution >= 4 is 11.8 Å². The molecule has 88 valence electrons. The summed E-state index contributed by atoms with van der Waals surface area (Å²) in [6.07, 6.45) is 11.2. The quantitative estimate of drug-likeness (QED) is 0.700. The van der Waals surface area contributed by atoms with Crippen LogP contribution in [-0.2, 0) is 0 Å². The van der Waals surface area contributed by atoms with Gasteiger partial charge in [-0.1, -0.05) is 6.42 Å². The molecular formula is C13H25NS. The first-order valence-corrected chi connectivity index (χ1v) is 7.83. The molecule has 1 N–H and O–H groups in total. The Bertz CT molecular complexity index is 207. The minimum absolute atomic E-state index is 0.688. The molecule has 0 spiro atoms. The van der Waals surface area contributed by atoms with E-state index in [1.165, 1.54) is 44.4 Å². The van der Waals surface area contributed by atoms with Crippen LogP contribution in [0.5, 0.6) is 0 Å². The first-order valence-electron chi connectivity index (χ1n) is 6.44. The molecule has 2 saturated carbocycles. The second kappa shape index (κ2) is 5.09. The van der Waals surface area contributed by atoms with E-state index in [0.29, 0.717) is 5.41 Å². The van der Waals surface area contributed by atoms with Gasteiger partial charge in [0.2, 0.25) is 0 Å².